The van der Waals surface area contributed by atoms with Gasteiger partial charge in [-0.05, 0) is 39.3 Å². The lowest BCUT2D eigenvalue weighted by Gasteiger charge is -2.18. The van der Waals surface area contributed by atoms with Crippen molar-refractivity contribution >= 4 is 7.25 Å². The Hall–Kier alpha value is -0.295. The fraction of sp³-hybridized carbons (Fsp3) is 1.00. The van der Waals surface area contributed by atoms with Gasteiger partial charge in [0.25, 0.3) is 0 Å². The summed E-state index contributed by atoms with van der Waals surface area (Å²) >= 11 is 0. The average Bonchev–Trinajstić information content (AvgIpc) is 2.45. The Morgan fingerprint density at radius 2 is 1.87 bits per heavy atom. The molecule has 1 N–H and O–H groups in total. The van der Waals surface area contributed by atoms with E-state index in [9.17, 15) is 17.3 Å². The maximum absolute atomic E-state index is 9.75. The summed E-state index contributed by atoms with van der Waals surface area (Å²) in [7, 11) is -3.82. The first kappa shape index (κ1) is 14.7. The highest BCUT2D eigenvalue weighted by molar-refractivity contribution is 6.50. The summed E-state index contributed by atoms with van der Waals surface area (Å²) in [5, 5.41) is 8.59. The second-order valence-corrected chi connectivity index (χ2v) is 3.64. The van der Waals surface area contributed by atoms with Crippen molar-refractivity contribution in [1.82, 2.24) is 4.90 Å². The molecular formula is C8H17BF4NO-. The van der Waals surface area contributed by atoms with Gasteiger partial charge < -0.3 is 27.3 Å². The maximum atomic E-state index is 9.75. The first-order valence-corrected chi connectivity index (χ1v) is 5.03. The zero-order valence-electron chi connectivity index (χ0n) is 8.80. The van der Waals surface area contributed by atoms with E-state index in [-0.39, 0.29) is 0 Å². The Morgan fingerprint density at radius 1 is 1.33 bits per heavy atom. The zero-order chi connectivity index (χ0) is 11.9. The molecule has 1 unspecified atom stereocenters. The van der Waals surface area contributed by atoms with E-state index in [1.807, 2.05) is 0 Å². The van der Waals surface area contributed by atoms with E-state index >= 15 is 0 Å². The van der Waals surface area contributed by atoms with E-state index in [0.717, 1.165) is 12.5 Å². The second-order valence-electron chi connectivity index (χ2n) is 3.64. The molecule has 0 spiro atoms. The molecular weight excluding hydrogens is 213 g/mol. The summed E-state index contributed by atoms with van der Waals surface area (Å²) in [6, 6.07) is 0.757. The van der Waals surface area contributed by atoms with Gasteiger partial charge in [0.05, 0.1) is 0 Å². The first-order valence-electron chi connectivity index (χ1n) is 5.03. The van der Waals surface area contributed by atoms with Crippen molar-refractivity contribution in [3.05, 3.63) is 0 Å². The molecule has 1 saturated heterocycles. The normalized spacial score (nSPS) is 22.4. The smallest absolute Gasteiger partial charge is 0.418 e. The van der Waals surface area contributed by atoms with Gasteiger partial charge in [-0.2, -0.15) is 0 Å². The summed E-state index contributed by atoms with van der Waals surface area (Å²) in [5.41, 5.74) is 0. The minimum atomic E-state index is -6.00. The Balaban J connectivity index is 0.000000336. The van der Waals surface area contributed by atoms with Crippen LogP contribution in [0.1, 0.15) is 25.7 Å². The monoisotopic (exact) mass is 230 g/mol. The highest BCUT2D eigenvalue weighted by atomic mass is 19.5. The molecule has 1 aliphatic rings. The summed E-state index contributed by atoms with van der Waals surface area (Å²) < 4.78 is 39.0. The van der Waals surface area contributed by atoms with Crippen LogP contribution in [-0.4, -0.2) is 43.5 Å². The van der Waals surface area contributed by atoms with Crippen LogP contribution >= 0.6 is 0 Å². The highest BCUT2D eigenvalue weighted by Gasteiger charge is 2.20. The molecule has 0 aromatic rings. The molecule has 1 atom stereocenters. The molecule has 0 amide bonds. The fourth-order valence-electron chi connectivity index (χ4n) is 1.67. The summed E-state index contributed by atoms with van der Waals surface area (Å²) in [4.78, 5) is 2.40. The number of nitrogens with zero attached hydrogens (tertiary/aromatic N) is 1. The Bertz CT molecular complexity index is 161. The number of halogens is 4. The topological polar surface area (TPSA) is 23.5 Å². The third-order valence-corrected chi connectivity index (χ3v) is 2.37. The van der Waals surface area contributed by atoms with Crippen LogP contribution < -0.4 is 0 Å². The third kappa shape index (κ3) is 10.00. The molecule has 0 aliphatic carbocycles. The minimum absolute atomic E-state index is 0.352. The lowest BCUT2D eigenvalue weighted by atomic mass is 10.1. The predicted molar refractivity (Wildman–Crippen MR) is 52.2 cm³/mol. The van der Waals surface area contributed by atoms with E-state index < -0.39 is 7.25 Å². The van der Waals surface area contributed by atoms with Gasteiger partial charge >= 0.3 is 7.25 Å². The van der Waals surface area contributed by atoms with Crippen molar-refractivity contribution in [3.8, 4) is 0 Å². The van der Waals surface area contributed by atoms with E-state index in [1.165, 1.54) is 25.8 Å². The largest absolute Gasteiger partial charge is 0.673 e. The standard InChI is InChI=1S/C8H17NO.BF4/c1-9-6-2-4-8(9)5-3-7-10;2-1(3,4)5/h8,10H,2-7H2,1H3;/q;-1. The van der Waals surface area contributed by atoms with Gasteiger partial charge in [0.15, 0.2) is 0 Å². The molecule has 1 rings (SSSR count). The van der Waals surface area contributed by atoms with Crippen molar-refractivity contribution < 1.29 is 22.4 Å². The molecule has 0 radical (unpaired) electrons. The number of aliphatic hydroxyl groups is 1. The van der Waals surface area contributed by atoms with Gasteiger partial charge in [-0.3, -0.25) is 0 Å². The quantitative estimate of drug-likeness (QED) is 0.593. The number of hydrogen-bond donors (Lipinski definition) is 1. The average molecular weight is 230 g/mol. The molecule has 0 bridgehead atoms. The van der Waals surface area contributed by atoms with Crippen LogP contribution in [0.15, 0.2) is 0 Å². The first-order chi connectivity index (χ1) is 6.84. The van der Waals surface area contributed by atoms with Gasteiger partial charge in [0, 0.05) is 12.6 Å². The summed E-state index contributed by atoms with van der Waals surface area (Å²) in [5.74, 6) is 0. The van der Waals surface area contributed by atoms with Crippen LogP contribution in [-0.2, 0) is 0 Å². The number of rotatable bonds is 3. The second kappa shape index (κ2) is 7.06. The molecule has 0 aromatic carbocycles. The molecule has 0 aromatic heterocycles. The summed E-state index contributed by atoms with van der Waals surface area (Å²) in [6.07, 6.45) is 4.81. The number of likely N-dealkylation sites (tertiary alicyclic amines) is 1. The van der Waals surface area contributed by atoms with Gasteiger partial charge in [0.1, 0.15) is 0 Å². The van der Waals surface area contributed by atoms with Crippen LogP contribution in [0.2, 0.25) is 0 Å². The van der Waals surface area contributed by atoms with Gasteiger partial charge in [-0.1, -0.05) is 0 Å². The maximum Gasteiger partial charge on any atom is 0.673 e. The minimum Gasteiger partial charge on any atom is -0.418 e. The highest BCUT2D eigenvalue weighted by Crippen LogP contribution is 2.18. The summed E-state index contributed by atoms with van der Waals surface area (Å²) in [6.45, 7) is 1.60. The van der Waals surface area contributed by atoms with Crippen LogP contribution in [0.25, 0.3) is 0 Å². The molecule has 92 valence electrons. The lowest BCUT2D eigenvalue weighted by molar-refractivity contribution is 0.243. The number of aliphatic hydroxyl groups excluding tert-OH is 1. The molecule has 1 fully saturated rings. The molecule has 7 heteroatoms. The van der Waals surface area contributed by atoms with Gasteiger partial charge in [-0.25, -0.2) is 0 Å². The Labute approximate surface area is 87.4 Å². The van der Waals surface area contributed by atoms with Crippen LogP contribution in [0.3, 0.4) is 0 Å². The van der Waals surface area contributed by atoms with Crippen molar-refractivity contribution in [2.24, 2.45) is 0 Å². The van der Waals surface area contributed by atoms with E-state index in [2.05, 4.69) is 11.9 Å². The number of hydrogen-bond acceptors (Lipinski definition) is 2. The third-order valence-electron chi connectivity index (χ3n) is 2.37. The fourth-order valence-corrected chi connectivity index (χ4v) is 1.67. The van der Waals surface area contributed by atoms with Crippen LogP contribution in [0.4, 0.5) is 17.3 Å². The molecule has 0 saturated carbocycles. The van der Waals surface area contributed by atoms with Crippen molar-refractivity contribution in [2.75, 3.05) is 20.2 Å². The molecule has 1 heterocycles. The van der Waals surface area contributed by atoms with Crippen molar-refractivity contribution in [2.45, 2.75) is 31.7 Å². The van der Waals surface area contributed by atoms with Gasteiger partial charge in [-0.15, -0.1) is 0 Å². The Morgan fingerprint density at radius 3 is 2.20 bits per heavy atom. The zero-order valence-corrected chi connectivity index (χ0v) is 8.80. The lowest BCUT2D eigenvalue weighted by Crippen LogP contribution is -2.24. The Kier molecular flexibility index (Phi) is 6.92. The van der Waals surface area contributed by atoms with Crippen molar-refractivity contribution in [3.63, 3.8) is 0 Å². The molecule has 1 aliphatic heterocycles. The van der Waals surface area contributed by atoms with Gasteiger partial charge in [0.2, 0.25) is 0 Å². The molecule has 2 nitrogen and oxygen atoms in total. The van der Waals surface area contributed by atoms with E-state index in [0.29, 0.717) is 6.61 Å². The van der Waals surface area contributed by atoms with E-state index in [4.69, 9.17) is 5.11 Å². The SMILES string of the molecule is CN1CCCC1CCCO.F[B-](F)(F)F. The predicted octanol–water partition coefficient (Wildman–Crippen LogP) is 2.15. The van der Waals surface area contributed by atoms with E-state index in [1.54, 1.807) is 0 Å². The molecule has 15 heavy (non-hydrogen) atoms. The van der Waals surface area contributed by atoms with Crippen LogP contribution in [0.5, 0.6) is 0 Å². The van der Waals surface area contributed by atoms with Crippen molar-refractivity contribution in [1.29, 1.82) is 0 Å². The van der Waals surface area contributed by atoms with Crippen LogP contribution in [0, 0.1) is 0 Å².